The lowest BCUT2D eigenvalue weighted by Gasteiger charge is -2.51. The number of aromatic nitrogens is 3. The van der Waals surface area contributed by atoms with Crippen LogP contribution in [0.5, 0.6) is 0 Å². The van der Waals surface area contributed by atoms with Crippen molar-refractivity contribution in [2.24, 2.45) is 7.05 Å². The fraction of sp³-hybridized carbons (Fsp3) is 0.588. The van der Waals surface area contributed by atoms with Crippen molar-refractivity contribution in [1.82, 2.24) is 19.9 Å². The van der Waals surface area contributed by atoms with Gasteiger partial charge < -0.3 is 14.7 Å². The van der Waals surface area contributed by atoms with Crippen LogP contribution in [0.4, 0.5) is 13.2 Å². The number of carbonyl (C=O) groups is 1. The summed E-state index contributed by atoms with van der Waals surface area (Å²) in [5.74, 6) is -1.92. The highest BCUT2D eigenvalue weighted by Crippen LogP contribution is 2.54. The number of aryl methyl sites for hydroxylation is 1. The van der Waals surface area contributed by atoms with Gasteiger partial charge in [0.2, 0.25) is 0 Å². The summed E-state index contributed by atoms with van der Waals surface area (Å²) in [5.41, 5.74) is -0.113. The third-order valence-corrected chi connectivity index (χ3v) is 6.88. The van der Waals surface area contributed by atoms with E-state index in [0.717, 1.165) is 4.90 Å². The molecule has 1 amide bonds. The molecule has 0 bridgehead atoms. The molecule has 4 rings (SSSR count). The van der Waals surface area contributed by atoms with Gasteiger partial charge >= 0.3 is 12.1 Å². The molecule has 1 N–H and O–H groups in total. The van der Waals surface area contributed by atoms with E-state index in [1.807, 2.05) is 0 Å². The number of carbonyl (C=O) groups excluding carboxylic acids is 1. The van der Waals surface area contributed by atoms with Gasteiger partial charge in [-0.15, -0.1) is 16.4 Å². The summed E-state index contributed by atoms with van der Waals surface area (Å²) in [6.45, 7) is 1.55. The first kappa shape index (κ1) is 20.6. The fourth-order valence-corrected chi connectivity index (χ4v) is 5.76. The first-order valence-electron chi connectivity index (χ1n) is 8.89. The third-order valence-electron chi connectivity index (χ3n) is 5.42. The van der Waals surface area contributed by atoms with E-state index in [1.54, 1.807) is 20.0 Å². The quantitative estimate of drug-likeness (QED) is 0.722. The standard InChI is InChI=1S/C17H18ClF3N4O3S/c1-8-4-16(14-9(3-13(18)29-14)12(26)7-28-16)5-11(10-6-24(2)23-22-10)25(8)15(27)17(19,20)21/h3,6,8,11-12,26H,4-5,7H2,1-2H3/t8-,11-,12+,16-/m0/s1. The molecule has 4 heterocycles. The van der Waals surface area contributed by atoms with Crippen LogP contribution in [-0.2, 0) is 22.2 Å². The molecule has 2 aromatic rings. The molecule has 1 spiro atoms. The Bertz CT molecular complexity index is 949. The van der Waals surface area contributed by atoms with Crippen molar-refractivity contribution in [3.05, 3.63) is 32.7 Å². The molecular formula is C17H18ClF3N4O3S. The number of amides is 1. The van der Waals surface area contributed by atoms with Crippen molar-refractivity contribution in [1.29, 1.82) is 0 Å². The maximum absolute atomic E-state index is 13.3. The summed E-state index contributed by atoms with van der Waals surface area (Å²) in [4.78, 5) is 13.7. The van der Waals surface area contributed by atoms with Crippen molar-refractivity contribution in [2.75, 3.05) is 6.61 Å². The Kier molecular flexibility index (Phi) is 4.92. The number of alkyl halides is 3. The highest BCUT2D eigenvalue weighted by Gasteiger charge is 2.56. The van der Waals surface area contributed by atoms with E-state index < -0.39 is 35.9 Å². The van der Waals surface area contributed by atoms with Crippen LogP contribution < -0.4 is 0 Å². The van der Waals surface area contributed by atoms with Gasteiger partial charge in [0.25, 0.3) is 0 Å². The second-order valence-corrected chi connectivity index (χ2v) is 9.14. The Labute approximate surface area is 173 Å². The summed E-state index contributed by atoms with van der Waals surface area (Å²) in [7, 11) is 1.60. The van der Waals surface area contributed by atoms with Crippen LogP contribution in [0.15, 0.2) is 12.3 Å². The van der Waals surface area contributed by atoms with E-state index in [0.29, 0.717) is 14.8 Å². The number of aliphatic hydroxyl groups is 1. The van der Waals surface area contributed by atoms with Crippen molar-refractivity contribution in [2.45, 2.75) is 49.7 Å². The molecule has 2 aliphatic rings. The van der Waals surface area contributed by atoms with Crippen molar-refractivity contribution in [3.8, 4) is 0 Å². The maximum atomic E-state index is 13.3. The van der Waals surface area contributed by atoms with Crippen LogP contribution in [0, 0.1) is 0 Å². The van der Waals surface area contributed by atoms with E-state index in [4.69, 9.17) is 16.3 Å². The Morgan fingerprint density at radius 2 is 2.17 bits per heavy atom. The van der Waals surface area contributed by atoms with E-state index >= 15 is 0 Å². The number of likely N-dealkylation sites (tertiary alicyclic amines) is 1. The van der Waals surface area contributed by atoms with Crippen molar-refractivity contribution < 1.29 is 27.8 Å². The zero-order chi connectivity index (χ0) is 21.1. The zero-order valence-corrected chi connectivity index (χ0v) is 17.1. The normalized spacial score (nSPS) is 29.9. The third kappa shape index (κ3) is 3.43. The van der Waals surface area contributed by atoms with Gasteiger partial charge in [0.05, 0.1) is 23.2 Å². The van der Waals surface area contributed by atoms with E-state index in [9.17, 15) is 23.1 Å². The minimum absolute atomic E-state index is 0.00676. The topological polar surface area (TPSA) is 80.5 Å². The van der Waals surface area contributed by atoms with Crippen molar-refractivity contribution >= 4 is 28.8 Å². The Morgan fingerprint density at radius 1 is 1.45 bits per heavy atom. The monoisotopic (exact) mass is 450 g/mol. The lowest BCUT2D eigenvalue weighted by Crippen LogP contribution is -2.56. The summed E-state index contributed by atoms with van der Waals surface area (Å²) < 4.78 is 47.8. The van der Waals surface area contributed by atoms with Crippen molar-refractivity contribution in [3.63, 3.8) is 0 Å². The van der Waals surface area contributed by atoms with E-state index in [2.05, 4.69) is 10.3 Å². The van der Waals surface area contributed by atoms with Crippen LogP contribution >= 0.6 is 22.9 Å². The average Bonchev–Trinajstić information content (AvgIpc) is 3.23. The molecule has 7 nitrogen and oxygen atoms in total. The lowest BCUT2D eigenvalue weighted by molar-refractivity contribution is -0.204. The van der Waals surface area contributed by atoms with Gasteiger partial charge in [0, 0.05) is 36.4 Å². The Hall–Kier alpha value is -1.69. The molecule has 0 saturated carbocycles. The summed E-state index contributed by atoms with van der Waals surface area (Å²) in [6.07, 6.45) is -4.19. The highest BCUT2D eigenvalue weighted by molar-refractivity contribution is 7.16. The minimum Gasteiger partial charge on any atom is -0.386 e. The molecule has 0 aliphatic carbocycles. The number of nitrogens with zero attached hydrogens (tertiary/aromatic N) is 4. The fourth-order valence-electron chi connectivity index (χ4n) is 4.30. The molecule has 1 saturated heterocycles. The van der Waals surface area contributed by atoms with Gasteiger partial charge in [0.15, 0.2) is 0 Å². The molecule has 29 heavy (non-hydrogen) atoms. The van der Waals surface area contributed by atoms with Gasteiger partial charge in [-0.2, -0.15) is 13.2 Å². The molecule has 1 fully saturated rings. The first-order valence-corrected chi connectivity index (χ1v) is 10.1. The second kappa shape index (κ2) is 6.93. The smallest absolute Gasteiger partial charge is 0.386 e. The summed E-state index contributed by atoms with van der Waals surface area (Å²) in [5, 5.41) is 18.1. The minimum atomic E-state index is -5.01. The molecule has 0 unspecified atom stereocenters. The largest absolute Gasteiger partial charge is 0.471 e. The number of thiophene rings is 1. The number of fused-ring (bicyclic) bond motifs is 2. The Morgan fingerprint density at radius 3 is 2.79 bits per heavy atom. The molecular weight excluding hydrogens is 433 g/mol. The number of halogens is 4. The molecule has 12 heteroatoms. The molecule has 0 radical (unpaired) electrons. The second-order valence-electron chi connectivity index (χ2n) is 7.46. The summed E-state index contributed by atoms with van der Waals surface area (Å²) in [6, 6.07) is -0.134. The number of hydrogen-bond acceptors (Lipinski definition) is 6. The van der Waals surface area contributed by atoms with Gasteiger partial charge in [-0.1, -0.05) is 16.8 Å². The van der Waals surface area contributed by atoms with E-state index in [1.165, 1.54) is 22.2 Å². The van der Waals surface area contributed by atoms with Crippen LogP contribution in [0.1, 0.15) is 48.0 Å². The van der Waals surface area contributed by atoms with Gasteiger partial charge in [-0.25, -0.2) is 0 Å². The van der Waals surface area contributed by atoms with Gasteiger partial charge in [-0.3, -0.25) is 9.48 Å². The lowest BCUT2D eigenvalue weighted by atomic mass is 9.77. The van der Waals surface area contributed by atoms with Crippen LogP contribution in [0.25, 0.3) is 0 Å². The predicted molar refractivity (Wildman–Crippen MR) is 97.3 cm³/mol. The van der Waals surface area contributed by atoms with Gasteiger partial charge in [-0.05, 0) is 13.0 Å². The Balaban J connectivity index is 1.81. The number of aliphatic hydroxyl groups excluding tert-OH is 1. The number of hydrogen-bond donors (Lipinski definition) is 1. The van der Waals surface area contributed by atoms with Crippen LogP contribution in [0.2, 0.25) is 4.34 Å². The predicted octanol–water partition coefficient (Wildman–Crippen LogP) is 3.10. The van der Waals surface area contributed by atoms with Crippen LogP contribution in [0.3, 0.4) is 0 Å². The van der Waals surface area contributed by atoms with Gasteiger partial charge in [0.1, 0.15) is 17.4 Å². The maximum Gasteiger partial charge on any atom is 0.471 e. The molecule has 4 atom stereocenters. The first-order chi connectivity index (χ1) is 13.5. The molecule has 158 valence electrons. The molecule has 0 aromatic carbocycles. The SMILES string of the molecule is C[C@H]1C[C@@]2(C[C@@H](c3cn(C)nn3)N1C(=O)C(F)(F)F)OC[C@@H](O)c1cc(Cl)sc12. The average molecular weight is 451 g/mol. The molecule has 2 aliphatic heterocycles. The number of ether oxygens (including phenoxy) is 1. The van der Waals surface area contributed by atoms with Crippen LogP contribution in [-0.4, -0.2) is 49.7 Å². The summed E-state index contributed by atoms with van der Waals surface area (Å²) >= 11 is 7.40. The highest BCUT2D eigenvalue weighted by atomic mass is 35.5. The van der Waals surface area contributed by atoms with E-state index in [-0.39, 0.29) is 25.1 Å². The number of rotatable bonds is 1. The molecule has 2 aromatic heterocycles. The number of piperidine rings is 1. The zero-order valence-electron chi connectivity index (χ0n) is 15.5.